The molecule has 1 atom stereocenters. The Labute approximate surface area is 117 Å². The first kappa shape index (κ1) is 15.6. The predicted molar refractivity (Wildman–Crippen MR) is 67.8 cm³/mol. The summed E-state index contributed by atoms with van der Waals surface area (Å²) in [4.78, 5) is 23.6. The number of carbonyl (C=O) groups is 2. The summed E-state index contributed by atoms with van der Waals surface area (Å²) in [6, 6.07) is 1.95. The molecule has 0 aliphatic rings. The van der Waals surface area contributed by atoms with Gasteiger partial charge in [0.25, 0.3) is 5.91 Å². The molecule has 1 aromatic rings. The average Bonchev–Trinajstić information content (AvgIpc) is 2.26. The summed E-state index contributed by atoms with van der Waals surface area (Å²) in [6.45, 7) is 1.27. The second-order valence-corrected chi connectivity index (χ2v) is 5.09. The Morgan fingerprint density at radius 1 is 1.37 bits per heavy atom. The number of nitrogens with zero attached hydrogens (tertiary/aromatic N) is 1. The van der Waals surface area contributed by atoms with Crippen LogP contribution in [0.3, 0.4) is 0 Å². The van der Waals surface area contributed by atoms with Crippen molar-refractivity contribution in [2.45, 2.75) is 6.92 Å². The minimum atomic E-state index is -1.09. The van der Waals surface area contributed by atoms with Crippen molar-refractivity contribution in [3.8, 4) is 0 Å². The summed E-state index contributed by atoms with van der Waals surface area (Å²) in [5.41, 5.74) is -0.691. The molecule has 7 heteroatoms. The van der Waals surface area contributed by atoms with Gasteiger partial charge in [-0.15, -0.1) is 0 Å². The van der Waals surface area contributed by atoms with Crippen LogP contribution in [0.15, 0.2) is 16.6 Å². The summed E-state index contributed by atoms with van der Waals surface area (Å²) < 4.78 is 27.3. The van der Waals surface area contributed by atoms with Gasteiger partial charge in [-0.25, -0.2) is 8.78 Å². The van der Waals surface area contributed by atoms with E-state index in [1.165, 1.54) is 14.0 Å². The van der Waals surface area contributed by atoms with Crippen LogP contribution >= 0.6 is 15.9 Å². The third-order valence-electron chi connectivity index (χ3n) is 2.54. The van der Waals surface area contributed by atoms with Gasteiger partial charge in [-0.3, -0.25) is 9.59 Å². The monoisotopic (exact) mass is 335 g/mol. The molecule has 1 aromatic carbocycles. The fourth-order valence-electron chi connectivity index (χ4n) is 1.51. The van der Waals surface area contributed by atoms with E-state index in [-0.39, 0.29) is 11.0 Å². The minimum Gasteiger partial charge on any atom is -0.481 e. The number of halogens is 3. The normalized spacial score (nSPS) is 12.1. The van der Waals surface area contributed by atoms with Crippen molar-refractivity contribution in [3.63, 3.8) is 0 Å². The summed E-state index contributed by atoms with van der Waals surface area (Å²) in [7, 11) is 1.29. The van der Waals surface area contributed by atoms with Crippen LogP contribution in [0.4, 0.5) is 8.78 Å². The van der Waals surface area contributed by atoms with Gasteiger partial charge in [0, 0.05) is 18.1 Å². The number of hydrogen-bond acceptors (Lipinski definition) is 2. The van der Waals surface area contributed by atoms with Crippen LogP contribution < -0.4 is 0 Å². The molecule has 1 amide bonds. The van der Waals surface area contributed by atoms with Crippen molar-refractivity contribution >= 4 is 27.8 Å². The van der Waals surface area contributed by atoms with Gasteiger partial charge in [0.2, 0.25) is 0 Å². The van der Waals surface area contributed by atoms with Crippen LogP contribution in [-0.4, -0.2) is 35.5 Å². The Bertz CT molecular complexity index is 499. The lowest BCUT2D eigenvalue weighted by molar-refractivity contribution is -0.141. The molecule has 1 N–H and O–H groups in total. The van der Waals surface area contributed by atoms with Gasteiger partial charge in [-0.1, -0.05) is 22.9 Å². The van der Waals surface area contributed by atoms with Gasteiger partial charge in [0.15, 0.2) is 0 Å². The number of amides is 1. The molecule has 0 spiro atoms. The first-order chi connectivity index (χ1) is 8.73. The molecule has 1 rings (SSSR count). The highest BCUT2D eigenvalue weighted by atomic mass is 79.9. The topological polar surface area (TPSA) is 57.6 Å². The second-order valence-electron chi connectivity index (χ2n) is 4.17. The van der Waals surface area contributed by atoms with Crippen molar-refractivity contribution < 1.29 is 23.5 Å². The number of rotatable bonds is 4. The second kappa shape index (κ2) is 6.10. The number of carbonyl (C=O) groups excluding carboxylic acids is 1. The standard InChI is InChI=1S/C12H12BrF2NO3/c1-6(12(18)19)5-16(2)11(17)10-8(14)3-7(13)4-9(10)15/h3-4,6H,5H2,1-2H3,(H,18,19). The molecular weight excluding hydrogens is 324 g/mol. The highest BCUT2D eigenvalue weighted by Gasteiger charge is 2.24. The van der Waals surface area contributed by atoms with E-state index < -0.39 is 35.0 Å². The van der Waals surface area contributed by atoms with Crippen molar-refractivity contribution in [3.05, 3.63) is 33.8 Å². The first-order valence-electron chi connectivity index (χ1n) is 5.36. The van der Waals surface area contributed by atoms with Crippen LogP contribution in [0.25, 0.3) is 0 Å². The molecule has 0 aliphatic heterocycles. The van der Waals surface area contributed by atoms with Crippen LogP contribution in [0.5, 0.6) is 0 Å². The Hall–Kier alpha value is -1.50. The maximum Gasteiger partial charge on any atom is 0.308 e. The Balaban J connectivity index is 2.98. The zero-order valence-corrected chi connectivity index (χ0v) is 11.9. The molecule has 19 heavy (non-hydrogen) atoms. The van der Waals surface area contributed by atoms with E-state index in [2.05, 4.69) is 15.9 Å². The van der Waals surface area contributed by atoms with E-state index in [1.54, 1.807) is 0 Å². The summed E-state index contributed by atoms with van der Waals surface area (Å²) in [5, 5.41) is 8.74. The maximum atomic E-state index is 13.6. The smallest absolute Gasteiger partial charge is 0.308 e. The predicted octanol–water partition coefficient (Wildman–Crippen LogP) is 2.52. The van der Waals surface area contributed by atoms with E-state index in [4.69, 9.17) is 5.11 Å². The van der Waals surface area contributed by atoms with E-state index in [0.717, 1.165) is 17.0 Å². The van der Waals surface area contributed by atoms with E-state index in [0.29, 0.717) is 0 Å². The Kier molecular flexibility index (Phi) is 4.99. The van der Waals surface area contributed by atoms with Gasteiger partial charge >= 0.3 is 5.97 Å². The molecule has 0 aliphatic carbocycles. The lowest BCUT2D eigenvalue weighted by Gasteiger charge is -2.20. The van der Waals surface area contributed by atoms with Gasteiger partial charge < -0.3 is 10.0 Å². The van der Waals surface area contributed by atoms with Crippen LogP contribution in [0, 0.1) is 17.6 Å². The first-order valence-corrected chi connectivity index (χ1v) is 6.16. The molecule has 0 bridgehead atoms. The third-order valence-corrected chi connectivity index (χ3v) is 2.99. The number of aliphatic carboxylic acids is 1. The third kappa shape index (κ3) is 3.73. The highest BCUT2D eigenvalue weighted by molar-refractivity contribution is 9.10. The molecule has 0 radical (unpaired) electrons. The number of carboxylic acid groups (broad SMARTS) is 1. The lowest BCUT2D eigenvalue weighted by Crippen LogP contribution is -2.34. The van der Waals surface area contributed by atoms with Gasteiger partial charge in [-0.2, -0.15) is 0 Å². The molecule has 0 aromatic heterocycles. The Morgan fingerprint density at radius 2 is 1.84 bits per heavy atom. The average molecular weight is 336 g/mol. The van der Waals surface area contributed by atoms with Crippen LogP contribution in [0.2, 0.25) is 0 Å². The van der Waals surface area contributed by atoms with Crippen molar-refractivity contribution in [1.29, 1.82) is 0 Å². The number of benzene rings is 1. The zero-order valence-electron chi connectivity index (χ0n) is 10.3. The van der Waals surface area contributed by atoms with E-state index in [1.807, 2.05) is 0 Å². The lowest BCUT2D eigenvalue weighted by atomic mass is 10.1. The minimum absolute atomic E-state index is 0.136. The van der Waals surface area contributed by atoms with Crippen molar-refractivity contribution in [2.75, 3.05) is 13.6 Å². The van der Waals surface area contributed by atoms with Crippen molar-refractivity contribution in [1.82, 2.24) is 4.90 Å². The van der Waals surface area contributed by atoms with Crippen molar-refractivity contribution in [2.24, 2.45) is 5.92 Å². The van der Waals surface area contributed by atoms with Crippen LogP contribution in [0.1, 0.15) is 17.3 Å². The molecule has 4 nitrogen and oxygen atoms in total. The van der Waals surface area contributed by atoms with Gasteiger partial charge in [0.1, 0.15) is 17.2 Å². The van der Waals surface area contributed by atoms with E-state index >= 15 is 0 Å². The molecule has 1 unspecified atom stereocenters. The fraction of sp³-hybridized carbons (Fsp3) is 0.333. The number of carboxylic acids is 1. The molecule has 104 valence electrons. The molecule has 0 heterocycles. The largest absolute Gasteiger partial charge is 0.481 e. The zero-order chi connectivity index (χ0) is 14.7. The fourth-order valence-corrected chi connectivity index (χ4v) is 1.91. The maximum absolute atomic E-state index is 13.6. The quantitative estimate of drug-likeness (QED) is 0.919. The molecule has 0 saturated heterocycles. The Morgan fingerprint density at radius 3 is 2.26 bits per heavy atom. The molecule has 0 fully saturated rings. The van der Waals surface area contributed by atoms with Crippen LogP contribution in [-0.2, 0) is 4.79 Å². The highest BCUT2D eigenvalue weighted by Crippen LogP contribution is 2.20. The molecular formula is C12H12BrF2NO3. The summed E-state index contributed by atoms with van der Waals surface area (Å²) >= 11 is 2.91. The van der Waals surface area contributed by atoms with Gasteiger partial charge in [0.05, 0.1) is 5.92 Å². The van der Waals surface area contributed by atoms with Gasteiger partial charge in [-0.05, 0) is 12.1 Å². The number of hydrogen-bond donors (Lipinski definition) is 1. The summed E-state index contributed by atoms with van der Waals surface area (Å²) in [6.07, 6.45) is 0. The summed E-state index contributed by atoms with van der Waals surface area (Å²) in [5.74, 6) is -4.79. The molecule has 0 saturated carbocycles. The SMILES string of the molecule is CC(CN(C)C(=O)c1c(F)cc(Br)cc1F)C(=O)O. The van der Waals surface area contributed by atoms with E-state index in [9.17, 15) is 18.4 Å².